The summed E-state index contributed by atoms with van der Waals surface area (Å²) in [6.07, 6.45) is 3.24. The van der Waals surface area contributed by atoms with Gasteiger partial charge in [0.25, 0.3) is 0 Å². The topological polar surface area (TPSA) is 71.8 Å². The zero-order valence-electron chi connectivity index (χ0n) is 11.7. The van der Waals surface area contributed by atoms with Crippen LogP contribution >= 0.6 is 23.2 Å². The first-order chi connectivity index (χ1) is 10.6. The van der Waals surface area contributed by atoms with E-state index < -0.39 is 0 Å². The van der Waals surface area contributed by atoms with Crippen molar-refractivity contribution >= 4 is 29.1 Å². The van der Waals surface area contributed by atoms with Gasteiger partial charge in [-0.1, -0.05) is 28.4 Å². The molecule has 0 saturated carbocycles. The molecule has 2 N–H and O–H groups in total. The predicted molar refractivity (Wildman–Crippen MR) is 84.3 cm³/mol. The molecule has 1 atom stereocenters. The Balaban J connectivity index is 1.61. The second-order valence-electron chi connectivity index (χ2n) is 5.17. The van der Waals surface area contributed by atoms with Gasteiger partial charge < -0.3 is 10.6 Å². The molecule has 1 aromatic heterocycles. The zero-order chi connectivity index (χ0) is 15.5. The number of nitrogens with zero attached hydrogens (tertiary/aromatic N) is 3. The minimum atomic E-state index is 0.114. The molecular weight excluding hydrogens is 325 g/mol. The van der Waals surface area contributed by atoms with Gasteiger partial charge in [-0.3, -0.25) is 4.79 Å². The lowest BCUT2D eigenvalue weighted by molar-refractivity contribution is -0.122. The van der Waals surface area contributed by atoms with E-state index in [0.29, 0.717) is 29.6 Å². The fourth-order valence-electron chi connectivity index (χ4n) is 2.29. The summed E-state index contributed by atoms with van der Waals surface area (Å²) in [6, 6.07) is 5.57. The van der Waals surface area contributed by atoms with Gasteiger partial charge in [0.1, 0.15) is 0 Å². The molecule has 0 aliphatic carbocycles. The maximum absolute atomic E-state index is 11.1. The molecule has 2 heterocycles. The number of hydrogen-bond donors (Lipinski definition) is 2. The molecule has 0 bridgehead atoms. The number of carbonyl (C=O) groups is 1. The van der Waals surface area contributed by atoms with Crippen LogP contribution in [-0.2, 0) is 11.3 Å². The quantitative estimate of drug-likeness (QED) is 0.892. The fourth-order valence-corrected chi connectivity index (χ4v) is 2.58. The van der Waals surface area contributed by atoms with Gasteiger partial charge in [0.2, 0.25) is 5.91 Å². The van der Waals surface area contributed by atoms with Crippen molar-refractivity contribution in [1.82, 2.24) is 25.6 Å². The van der Waals surface area contributed by atoms with Crippen LogP contribution in [0, 0.1) is 0 Å². The molecule has 1 amide bonds. The molecule has 22 heavy (non-hydrogen) atoms. The number of rotatable bonds is 4. The Morgan fingerprint density at radius 1 is 1.36 bits per heavy atom. The van der Waals surface area contributed by atoms with Crippen LogP contribution in [0.1, 0.15) is 18.5 Å². The maximum atomic E-state index is 11.1. The van der Waals surface area contributed by atoms with Crippen LogP contribution < -0.4 is 10.6 Å². The van der Waals surface area contributed by atoms with Gasteiger partial charge in [0.05, 0.1) is 27.6 Å². The molecule has 1 fully saturated rings. The van der Waals surface area contributed by atoms with Crippen LogP contribution in [0.4, 0.5) is 0 Å². The highest BCUT2D eigenvalue weighted by Gasteiger charge is 2.17. The Hall–Kier alpha value is -1.63. The summed E-state index contributed by atoms with van der Waals surface area (Å²) >= 11 is 11.9. The van der Waals surface area contributed by atoms with Crippen molar-refractivity contribution in [3.63, 3.8) is 0 Å². The van der Waals surface area contributed by atoms with Gasteiger partial charge in [-0.2, -0.15) is 0 Å². The van der Waals surface area contributed by atoms with Gasteiger partial charge >= 0.3 is 0 Å². The van der Waals surface area contributed by atoms with Crippen LogP contribution in [0.2, 0.25) is 10.0 Å². The number of piperidine rings is 1. The minimum Gasteiger partial charge on any atom is -0.355 e. The normalized spacial score (nSPS) is 18.3. The van der Waals surface area contributed by atoms with E-state index in [1.807, 2.05) is 12.3 Å². The molecule has 1 aliphatic heterocycles. The molecule has 6 nitrogen and oxygen atoms in total. The molecule has 0 spiro atoms. The molecule has 3 rings (SSSR count). The summed E-state index contributed by atoms with van der Waals surface area (Å²) in [4.78, 5) is 11.1. The first kappa shape index (κ1) is 15.3. The number of benzene rings is 1. The van der Waals surface area contributed by atoms with E-state index in [9.17, 15) is 4.79 Å². The molecule has 1 aromatic carbocycles. The monoisotopic (exact) mass is 339 g/mol. The average Bonchev–Trinajstić information content (AvgIpc) is 2.98. The van der Waals surface area contributed by atoms with Gasteiger partial charge in [-0.15, -0.1) is 5.10 Å². The van der Waals surface area contributed by atoms with E-state index in [1.54, 1.807) is 16.8 Å². The van der Waals surface area contributed by atoms with Gasteiger partial charge in [-0.25, -0.2) is 4.68 Å². The van der Waals surface area contributed by atoms with Crippen molar-refractivity contribution in [2.45, 2.75) is 25.4 Å². The molecule has 2 aromatic rings. The van der Waals surface area contributed by atoms with E-state index in [0.717, 1.165) is 17.8 Å². The van der Waals surface area contributed by atoms with E-state index in [4.69, 9.17) is 23.2 Å². The maximum Gasteiger partial charge on any atom is 0.220 e. The Kier molecular flexibility index (Phi) is 4.61. The number of halogens is 2. The zero-order valence-corrected chi connectivity index (χ0v) is 13.2. The van der Waals surface area contributed by atoms with Gasteiger partial charge in [0.15, 0.2) is 0 Å². The molecule has 116 valence electrons. The minimum absolute atomic E-state index is 0.114. The molecule has 0 unspecified atom stereocenters. The highest BCUT2D eigenvalue weighted by atomic mass is 35.5. The lowest BCUT2D eigenvalue weighted by atomic mass is 10.1. The number of nitrogens with one attached hydrogen (secondary N) is 2. The third-order valence-corrected chi connectivity index (χ3v) is 4.28. The number of amides is 1. The first-order valence-electron chi connectivity index (χ1n) is 6.98. The number of carbonyl (C=O) groups excluding carboxylic acids is 1. The molecule has 1 saturated heterocycles. The molecular formula is C14H15Cl2N5O. The third kappa shape index (κ3) is 3.58. The molecule has 0 radical (unpaired) electrons. The Bertz CT molecular complexity index is 678. The summed E-state index contributed by atoms with van der Waals surface area (Å²) in [5.41, 5.74) is 1.63. The number of aromatic nitrogens is 3. The van der Waals surface area contributed by atoms with Crippen molar-refractivity contribution in [3.8, 4) is 5.69 Å². The van der Waals surface area contributed by atoms with Gasteiger partial charge in [0, 0.05) is 25.6 Å². The lowest BCUT2D eigenvalue weighted by Gasteiger charge is -2.22. The van der Waals surface area contributed by atoms with Crippen molar-refractivity contribution in [2.75, 3.05) is 6.54 Å². The van der Waals surface area contributed by atoms with Crippen LogP contribution in [0.5, 0.6) is 0 Å². The highest BCUT2D eigenvalue weighted by Crippen LogP contribution is 2.24. The number of hydrogen-bond acceptors (Lipinski definition) is 4. The Morgan fingerprint density at radius 3 is 2.95 bits per heavy atom. The van der Waals surface area contributed by atoms with Gasteiger partial charge in [-0.05, 0) is 24.6 Å². The van der Waals surface area contributed by atoms with Crippen LogP contribution in [0.25, 0.3) is 5.69 Å². The van der Waals surface area contributed by atoms with E-state index >= 15 is 0 Å². The highest BCUT2D eigenvalue weighted by molar-refractivity contribution is 6.42. The van der Waals surface area contributed by atoms with Crippen molar-refractivity contribution in [1.29, 1.82) is 0 Å². The van der Waals surface area contributed by atoms with Crippen molar-refractivity contribution < 1.29 is 4.79 Å². The van der Waals surface area contributed by atoms with Crippen molar-refractivity contribution in [3.05, 3.63) is 40.1 Å². The summed E-state index contributed by atoms with van der Waals surface area (Å²) in [5, 5.41) is 15.4. The third-order valence-electron chi connectivity index (χ3n) is 3.55. The lowest BCUT2D eigenvalue weighted by Crippen LogP contribution is -2.45. The van der Waals surface area contributed by atoms with Crippen LogP contribution in [-0.4, -0.2) is 33.5 Å². The standard InChI is InChI=1S/C14H15Cl2N5O/c15-12-3-2-11(5-13(12)16)21-8-10(19-20-21)7-17-9-1-4-14(22)18-6-9/h2-3,5,8-9,17H,1,4,6-7H2,(H,18,22)/t9-/m0/s1. The summed E-state index contributed by atoms with van der Waals surface area (Å²) in [7, 11) is 0. The largest absolute Gasteiger partial charge is 0.355 e. The predicted octanol–water partition coefficient (Wildman–Crippen LogP) is 1.94. The van der Waals surface area contributed by atoms with Crippen molar-refractivity contribution in [2.24, 2.45) is 0 Å². The average molecular weight is 340 g/mol. The molecule has 1 aliphatic rings. The summed E-state index contributed by atoms with van der Waals surface area (Å²) in [6.45, 7) is 1.25. The Morgan fingerprint density at radius 2 is 2.23 bits per heavy atom. The smallest absolute Gasteiger partial charge is 0.220 e. The SMILES string of the molecule is O=C1CC[C@H](NCc2cn(-c3ccc(Cl)c(Cl)c3)nn2)CN1. The van der Waals surface area contributed by atoms with E-state index in [2.05, 4.69) is 20.9 Å². The second-order valence-corrected chi connectivity index (χ2v) is 5.99. The van der Waals surface area contributed by atoms with E-state index in [1.165, 1.54) is 0 Å². The fraction of sp³-hybridized carbons (Fsp3) is 0.357. The van der Waals surface area contributed by atoms with E-state index in [-0.39, 0.29) is 11.9 Å². The Labute approximate surface area is 137 Å². The van der Waals surface area contributed by atoms with Crippen LogP contribution in [0.15, 0.2) is 24.4 Å². The summed E-state index contributed by atoms with van der Waals surface area (Å²) < 4.78 is 1.65. The molecule has 8 heteroatoms. The second kappa shape index (κ2) is 6.64. The summed E-state index contributed by atoms with van der Waals surface area (Å²) in [5.74, 6) is 0.114. The first-order valence-corrected chi connectivity index (χ1v) is 7.74. The van der Waals surface area contributed by atoms with Crippen LogP contribution in [0.3, 0.4) is 0 Å².